The molecule has 0 nitrogen and oxygen atoms in total. The van der Waals surface area contributed by atoms with Crippen molar-refractivity contribution >= 4 is 46.1 Å². The summed E-state index contributed by atoms with van der Waals surface area (Å²) in [6.07, 6.45) is 3.95. The van der Waals surface area contributed by atoms with E-state index < -0.39 is 0 Å². The van der Waals surface area contributed by atoms with Crippen LogP contribution in [0.25, 0.3) is 0 Å². The Kier molecular flexibility index (Phi) is 25.5. The molecule has 58 valence electrons. The summed E-state index contributed by atoms with van der Waals surface area (Å²) in [6.45, 7) is 7.91. The van der Waals surface area contributed by atoms with Crippen LogP contribution in [-0.2, 0) is 0 Å². The van der Waals surface area contributed by atoms with Gasteiger partial charge in [-0.25, -0.2) is 0 Å². The van der Waals surface area contributed by atoms with Crippen LogP contribution in [0.2, 0.25) is 0 Å². The van der Waals surface area contributed by atoms with Gasteiger partial charge in [0.15, 0.2) is 0 Å². The molecule has 11 heavy (non-hydrogen) atoms. The van der Waals surface area contributed by atoms with Gasteiger partial charge in [-0.15, -0.1) is 0 Å². The molecular weight excluding hydrogens is 204 g/mol. The van der Waals surface area contributed by atoms with E-state index >= 15 is 0 Å². The van der Waals surface area contributed by atoms with Crippen molar-refractivity contribution in [2.45, 2.75) is 19.3 Å². The summed E-state index contributed by atoms with van der Waals surface area (Å²) in [7, 11) is 0. The second-order valence-corrected chi connectivity index (χ2v) is 2.45. The van der Waals surface area contributed by atoms with Gasteiger partial charge in [-0.05, 0) is 0 Å². The first kappa shape index (κ1) is 23.2. The predicted molar refractivity (Wildman–Crippen MR) is 43.1 cm³/mol. The first-order chi connectivity index (χ1) is 3.30. The van der Waals surface area contributed by atoms with Crippen molar-refractivity contribution in [3.63, 3.8) is 0 Å². The first-order valence-corrected chi connectivity index (χ1v) is 2.97. The van der Waals surface area contributed by atoms with Crippen molar-refractivity contribution in [2.24, 2.45) is 11.8 Å². The quantitative estimate of drug-likeness (QED) is 0.282. The molecule has 0 aromatic carbocycles. The fourth-order valence-electron chi connectivity index (χ4n) is 1.11. The summed E-state index contributed by atoms with van der Waals surface area (Å²) in [6, 6.07) is 0. The van der Waals surface area contributed by atoms with Crippen LogP contribution < -0.4 is 24.8 Å². The van der Waals surface area contributed by atoms with Gasteiger partial charge in [0.2, 0.25) is 0 Å². The SMILES string of the molecule is [CH2-]C1CCCC1[CH2-].[Cl-].[Cl-].[Mg+2].[Mg+2]. The average Bonchev–Trinajstić information content (AvgIpc) is 1.91. The van der Waals surface area contributed by atoms with E-state index in [-0.39, 0.29) is 70.9 Å². The molecule has 1 aliphatic rings. The zero-order chi connectivity index (χ0) is 5.28. The van der Waals surface area contributed by atoms with Gasteiger partial charge in [-0.3, -0.25) is 0 Å². The molecule has 1 aliphatic carbocycles. The van der Waals surface area contributed by atoms with E-state index in [0.29, 0.717) is 11.8 Å². The summed E-state index contributed by atoms with van der Waals surface area (Å²) in [5, 5.41) is 0. The summed E-state index contributed by atoms with van der Waals surface area (Å²) < 4.78 is 0. The summed E-state index contributed by atoms with van der Waals surface area (Å²) in [5.74, 6) is 1.31. The third-order valence-electron chi connectivity index (χ3n) is 1.82. The minimum absolute atomic E-state index is 0. The molecule has 0 aromatic heterocycles. The Bertz CT molecular complexity index is 63.5. The van der Waals surface area contributed by atoms with E-state index in [1.807, 2.05) is 0 Å². The molecule has 2 atom stereocenters. The van der Waals surface area contributed by atoms with E-state index in [4.69, 9.17) is 0 Å². The van der Waals surface area contributed by atoms with E-state index in [0.717, 1.165) is 0 Å². The zero-order valence-corrected chi connectivity index (χ0v) is 11.2. The van der Waals surface area contributed by atoms with Crippen molar-refractivity contribution < 1.29 is 24.8 Å². The molecule has 0 aromatic rings. The molecule has 1 rings (SSSR count). The minimum Gasteiger partial charge on any atom is -1.00 e. The van der Waals surface area contributed by atoms with Gasteiger partial charge in [-0.2, -0.15) is 11.8 Å². The molecule has 4 heteroatoms. The fraction of sp³-hybridized carbons (Fsp3) is 0.714. The Morgan fingerprint density at radius 1 is 0.818 bits per heavy atom. The molecule has 2 unspecified atom stereocenters. The second kappa shape index (κ2) is 12.1. The third kappa shape index (κ3) is 8.44. The maximum absolute atomic E-state index is 3.96. The average molecular weight is 216 g/mol. The third-order valence-corrected chi connectivity index (χ3v) is 1.82. The van der Waals surface area contributed by atoms with Crippen LogP contribution in [0, 0.1) is 25.7 Å². The Labute approximate surface area is 115 Å². The molecule has 0 amide bonds. The maximum Gasteiger partial charge on any atom is 2.00 e. The molecule has 1 saturated carbocycles. The van der Waals surface area contributed by atoms with E-state index in [1.54, 1.807) is 0 Å². The molecule has 1 fully saturated rings. The van der Waals surface area contributed by atoms with Crippen molar-refractivity contribution in [2.75, 3.05) is 0 Å². The number of hydrogen-bond donors (Lipinski definition) is 0. The monoisotopic (exact) mass is 214 g/mol. The van der Waals surface area contributed by atoms with Gasteiger partial charge < -0.3 is 38.7 Å². The van der Waals surface area contributed by atoms with E-state index in [2.05, 4.69) is 13.8 Å². The van der Waals surface area contributed by atoms with Gasteiger partial charge in [0.25, 0.3) is 0 Å². The number of halogens is 2. The van der Waals surface area contributed by atoms with E-state index in [1.165, 1.54) is 19.3 Å². The van der Waals surface area contributed by atoms with Gasteiger partial charge in [-0.1, -0.05) is 19.3 Å². The van der Waals surface area contributed by atoms with Crippen LogP contribution in [0.15, 0.2) is 0 Å². The molecule has 0 N–H and O–H groups in total. The molecule has 0 saturated heterocycles. The standard InChI is InChI=1S/C7H12.2ClH.2Mg/c1-6-4-3-5-7(6)2;;;;/h6-7H,1-5H2;2*1H;;/q-2;;;2*+2/p-2. The van der Waals surface area contributed by atoms with Gasteiger partial charge in [0.1, 0.15) is 0 Å². The topological polar surface area (TPSA) is 0 Å². The Morgan fingerprint density at radius 2 is 1.09 bits per heavy atom. The smallest absolute Gasteiger partial charge is 1.00 e. The van der Waals surface area contributed by atoms with Crippen LogP contribution in [0.4, 0.5) is 0 Å². The molecular formula is C7H12Cl2Mg2. The van der Waals surface area contributed by atoms with Crippen LogP contribution in [0.5, 0.6) is 0 Å². The number of rotatable bonds is 0. The Morgan fingerprint density at radius 3 is 1.18 bits per heavy atom. The van der Waals surface area contributed by atoms with Gasteiger partial charge in [0.05, 0.1) is 0 Å². The largest absolute Gasteiger partial charge is 2.00 e. The van der Waals surface area contributed by atoms with E-state index in [9.17, 15) is 0 Å². The second-order valence-electron chi connectivity index (χ2n) is 2.45. The van der Waals surface area contributed by atoms with Gasteiger partial charge in [0, 0.05) is 0 Å². The molecule has 0 bridgehead atoms. The predicted octanol–water partition coefficient (Wildman–Crippen LogP) is -4.68. The van der Waals surface area contributed by atoms with Crippen LogP contribution in [0.1, 0.15) is 19.3 Å². The normalized spacial score (nSPS) is 26.7. The summed E-state index contributed by atoms with van der Waals surface area (Å²) >= 11 is 0. The van der Waals surface area contributed by atoms with Crippen LogP contribution in [-0.4, -0.2) is 46.1 Å². The van der Waals surface area contributed by atoms with Crippen molar-refractivity contribution in [3.05, 3.63) is 13.8 Å². The van der Waals surface area contributed by atoms with Crippen LogP contribution >= 0.6 is 0 Å². The fourth-order valence-corrected chi connectivity index (χ4v) is 1.11. The summed E-state index contributed by atoms with van der Waals surface area (Å²) in [4.78, 5) is 0. The summed E-state index contributed by atoms with van der Waals surface area (Å²) in [5.41, 5.74) is 0. The molecule has 0 aliphatic heterocycles. The van der Waals surface area contributed by atoms with Gasteiger partial charge >= 0.3 is 46.1 Å². The van der Waals surface area contributed by atoms with Crippen LogP contribution in [0.3, 0.4) is 0 Å². The molecule has 0 spiro atoms. The first-order valence-electron chi connectivity index (χ1n) is 2.97. The molecule has 0 radical (unpaired) electrons. The van der Waals surface area contributed by atoms with Crippen molar-refractivity contribution in [3.8, 4) is 0 Å². The minimum atomic E-state index is 0. The number of hydrogen-bond acceptors (Lipinski definition) is 0. The zero-order valence-electron chi connectivity index (χ0n) is 6.86. The Balaban J connectivity index is -0.0000000612. The Hall–Kier alpha value is 2.11. The maximum atomic E-state index is 3.96. The van der Waals surface area contributed by atoms with Crippen molar-refractivity contribution in [1.82, 2.24) is 0 Å². The molecule has 0 heterocycles. The van der Waals surface area contributed by atoms with Crippen molar-refractivity contribution in [1.29, 1.82) is 0 Å².